The maximum absolute atomic E-state index is 11.5. The number of hydrogen-bond acceptors (Lipinski definition) is 3. The van der Waals surface area contributed by atoms with Crippen LogP contribution in [0.5, 0.6) is 0 Å². The summed E-state index contributed by atoms with van der Waals surface area (Å²) in [6, 6.07) is 3.36. The molecule has 13 heavy (non-hydrogen) atoms. The number of hydrogen-bond donors (Lipinski definition) is 1. The Labute approximate surface area is 78.0 Å². The predicted octanol–water partition coefficient (Wildman–Crippen LogP) is 1.89. The first-order valence-corrected chi connectivity index (χ1v) is 4.34. The molecule has 0 aliphatic heterocycles. The summed E-state index contributed by atoms with van der Waals surface area (Å²) >= 11 is 0. The number of nitrogens with two attached hydrogens (primary N) is 1. The smallest absolute Gasteiger partial charge is 0.164 e. The fourth-order valence-corrected chi connectivity index (χ4v) is 1.06. The molecule has 0 unspecified atom stereocenters. The maximum atomic E-state index is 11.5. The van der Waals surface area contributed by atoms with Gasteiger partial charge in [-0.3, -0.25) is 4.79 Å². The van der Waals surface area contributed by atoms with Crippen molar-refractivity contribution in [3.05, 3.63) is 23.9 Å². The molecular formula is C10H14N2O. The zero-order valence-corrected chi connectivity index (χ0v) is 7.95. The van der Waals surface area contributed by atoms with Crippen molar-refractivity contribution < 1.29 is 4.79 Å². The first kappa shape index (κ1) is 9.71. The second-order valence-electron chi connectivity index (χ2n) is 3.49. The minimum absolute atomic E-state index is 0.127. The van der Waals surface area contributed by atoms with Gasteiger partial charge in [0.25, 0.3) is 0 Å². The number of carbonyl (C=O) groups excluding carboxylic acids is 1. The third-order valence-corrected chi connectivity index (χ3v) is 1.70. The van der Waals surface area contributed by atoms with Crippen molar-refractivity contribution in [3.63, 3.8) is 0 Å². The van der Waals surface area contributed by atoms with Crippen molar-refractivity contribution in [2.45, 2.75) is 20.3 Å². The van der Waals surface area contributed by atoms with E-state index in [1.807, 2.05) is 13.8 Å². The molecule has 0 saturated carbocycles. The van der Waals surface area contributed by atoms with Gasteiger partial charge in [0.05, 0.1) is 0 Å². The van der Waals surface area contributed by atoms with Crippen LogP contribution < -0.4 is 5.73 Å². The van der Waals surface area contributed by atoms with Crippen molar-refractivity contribution in [1.29, 1.82) is 0 Å². The van der Waals surface area contributed by atoms with Gasteiger partial charge in [0.15, 0.2) is 5.78 Å². The molecular weight excluding hydrogens is 164 g/mol. The van der Waals surface area contributed by atoms with Crippen LogP contribution in [-0.2, 0) is 0 Å². The van der Waals surface area contributed by atoms with E-state index in [1.54, 1.807) is 12.1 Å². The van der Waals surface area contributed by atoms with E-state index in [9.17, 15) is 4.79 Å². The number of aromatic nitrogens is 1. The molecule has 0 spiro atoms. The summed E-state index contributed by atoms with van der Waals surface area (Å²) in [5, 5.41) is 0. The summed E-state index contributed by atoms with van der Waals surface area (Å²) in [5.74, 6) is 0.952. The van der Waals surface area contributed by atoms with E-state index in [-0.39, 0.29) is 5.78 Å². The minimum atomic E-state index is 0.127. The molecule has 0 aliphatic carbocycles. The maximum Gasteiger partial charge on any atom is 0.164 e. The van der Waals surface area contributed by atoms with Gasteiger partial charge in [0.1, 0.15) is 5.82 Å². The lowest BCUT2D eigenvalue weighted by molar-refractivity contribution is 0.0967. The number of Topliss-reactive ketones (excluding diaryl/α,β-unsaturated/α-hetero) is 1. The van der Waals surface area contributed by atoms with Crippen LogP contribution in [0, 0.1) is 5.92 Å². The van der Waals surface area contributed by atoms with Gasteiger partial charge in [0.2, 0.25) is 0 Å². The summed E-state index contributed by atoms with van der Waals surface area (Å²) in [6.45, 7) is 4.03. The van der Waals surface area contributed by atoms with Crippen molar-refractivity contribution in [1.82, 2.24) is 4.98 Å². The van der Waals surface area contributed by atoms with Gasteiger partial charge >= 0.3 is 0 Å². The molecule has 0 bridgehead atoms. The molecule has 1 aromatic heterocycles. The molecule has 0 atom stereocenters. The number of nitrogen functional groups attached to an aromatic ring is 1. The van der Waals surface area contributed by atoms with Crippen LogP contribution >= 0.6 is 0 Å². The van der Waals surface area contributed by atoms with Crippen molar-refractivity contribution in [2.75, 3.05) is 5.73 Å². The zero-order chi connectivity index (χ0) is 9.84. The monoisotopic (exact) mass is 178 g/mol. The Morgan fingerprint density at radius 2 is 2.23 bits per heavy atom. The average molecular weight is 178 g/mol. The van der Waals surface area contributed by atoms with Crippen LogP contribution in [0.15, 0.2) is 18.3 Å². The highest BCUT2D eigenvalue weighted by atomic mass is 16.1. The molecule has 3 nitrogen and oxygen atoms in total. The Balaban J connectivity index is 2.72. The third-order valence-electron chi connectivity index (χ3n) is 1.70. The number of anilines is 1. The molecule has 0 radical (unpaired) electrons. The van der Waals surface area contributed by atoms with Gasteiger partial charge in [-0.05, 0) is 18.1 Å². The van der Waals surface area contributed by atoms with E-state index >= 15 is 0 Å². The number of carbonyl (C=O) groups is 1. The van der Waals surface area contributed by atoms with Crippen molar-refractivity contribution in [2.24, 2.45) is 5.92 Å². The van der Waals surface area contributed by atoms with Crippen LogP contribution in [0.1, 0.15) is 30.6 Å². The number of rotatable bonds is 3. The quantitative estimate of drug-likeness (QED) is 0.719. The Hall–Kier alpha value is -1.38. The average Bonchev–Trinajstić information content (AvgIpc) is 2.04. The standard InChI is InChI=1S/C10H14N2O/c1-7(2)5-9(13)8-3-4-10(11)12-6-8/h3-4,6-7H,5H2,1-2H3,(H2,11,12). The number of pyridine rings is 1. The van der Waals surface area contributed by atoms with E-state index in [0.29, 0.717) is 23.7 Å². The molecule has 1 heterocycles. The molecule has 0 aromatic carbocycles. The molecule has 0 saturated heterocycles. The summed E-state index contributed by atoms with van der Waals surface area (Å²) in [6.07, 6.45) is 2.09. The summed E-state index contributed by atoms with van der Waals surface area (Å²) in [4.78, 5) is 15.4. The van der Waals surface area contributed by atoms with Gasteiger partial charge < -0.3 is 5.73 Å². The summed E-state index contributed by atoms with van der Waals surface area (Å²) < 4.78 is 0. The second kappa shape index (κ2) is 4.03. The van der Waals surface area contributed by atoms with Crippen molar-refractivity contribution in [3.8, 4) is 0 Å². The fourth-order valence-electron chi connectivity index (χ4n) is 1.06. The Kier molecular flexibility index (Phi) is 3.01. The zero-order valence-electron chi connectivity index (χ0n) is 7.95. The molecule has 1 rings (SSSR count). The molecule has 70 valence electrons. The lowest BCUT2D eigenvalue weighted by atomic mass is 10.0. The largest absolute Gasteiger partial charge is 0.384 e. The Morgan fingerprint density at radius 3 is 2.69 bits per heavy atom. The van der Waals surface area contributed by atoms with Gasteiger partial charge in [-0.2, -0.15) is 0 Å². The molecule has 0 fully saturated rings. The lowest BCUT2D eigenvalue weighted by Gasteiger charge is -2.03. The highest BCUT2D eigenvalue weighted by molar-refractivity contribution is 5.95. The van der Waals surface area contributed by atoms with Crippen LogP contribution in [0.4, 0.5) is 5.82 Å². The highest BCUT2D eigenvalue weighted by Gasteiger charge is 2.07. The highest BCUT2D eigenvalue weighted by Crippen LogP contribution is 2.09. The van der Waals surface area contributed by atoms with Crippen LogP contribution in [0.25, 0.3) is 0 Å². The van der Waals surface area contributed by atoms with Gasteiger partial charge in [-0.15, -0.1) is 0 Å². The van der Waals surface area contributed by atoms with E-state index in [1.165, 1.54) is 6.20 Å². The lowest BCUT2D eigenvalue weighted by Crippen LogP contribution is -2.04. The molecule has 2 N–H and O–H groups in total. The Bertz CT molecular complexity index is 290. The molecule has 1 aromatic rings. The predicted molar refractivity (Wildman–Crippen MR) is 52.4 cm³/mol. The molecule has 0 aliphatic rings. The van der Waals surface area contributed by atoms with Crippen LogP contribution in [0.2, 0.25) is 0 Å². The van der Waals surface area contributed by atoms with E-state index in [4.69, 9.17) is 5.73 Å². The second-order valence-corrected chi connectivity index (χ2v) is 3.49. The number of nitrogens with zero attached hydrogens (tertiary/aromatic N) is 1. The van der Waals surface area contributed by atoms with E-state index in [0.717, 1.165) is 0 Å². The summed E-state index contributed by atoms with van der Waals surface area (Å²) in [5.41, 5.74) is 6.05. The fraction of sp³-hybridized carbons (Fsp3) is 0.400. The first-order valence-electron chi connectivity index (χ1n) is 4.34. The topological polar surface area (TPSA) is 56.0 Å². The summed E-state index contributed by atoms with van der Waals surface area (Å²) in [7, 11) is 0. The van der Waals surface area contributed by atoms with E-state index < -0.39 is 0 Å². The molecule has 3 heteroatoms. The van der Waals surface area contributed by atoms with Crippen molar-refractivity contribution >= 4 is 11.6 Å². The SMILES string of the molecule is CC(C)CC(=O)c1ccc(N)nc1. The normalized spacial score (nSPS) is 10.4. The van der Waals surface area contributed by atoms with Gasteiger partial charge in [-0.1, -0.05) is 13.8 Å². The third kappa shape index (κ3) is 2.86. The van der Waals surface area contributed by atoms with Crippen LogP contribution in [0.3, 0.4) is 0 Å². The molecule has 0 amide bonds. The number of ketones is 1. The van der Waals surface area contributed by atoms with E-state index in [2.05, 4.69) is 4.98 Å². The van der Waals surface area contributed by atoms with Gasteiger partial charge in [0, 0.05) is 18.2 Å². The minimum Gasteiger partial charge on any atom is -0.384 e. The first-order chi connectivity index (χ1) is 6.09. The Morgan fingerprint density at radius 1 is 1.54 bits per heavy atom. The van der Waals surface area contributed by atoms with Crippen LogP contribution in [-0.4, -0.2) is 10.8 Å². The van der Waals surface area contributed by atoms with Gasteiger partial charge in [-0.25, -0.2) is 4.98 Å².